The van der Waals surface area contributed by atoms with Gasteiger partial charge in [0.25, 0.3) is 0 Å². The van der Waals surface area contributed by atoms with Gasteiger partial charge in [-0.15, -0.1) is 11.3 Å². The van der Waals surface area contributed by atoms with Crippen molar-refractivity contribution >= 4 is 96.8 Å². The summed E-state index contributed by atoms with van der Waals surface area (Å²) in [6.45, 7) is 0. The number of benzene rings is 9. The summed E-state index contributed by atoms with van der Waals surface area (Å²) in [5.74, 6) is 1.86. The van der Waals surface area contributed by atoms with Crippen molar-refractivity contribution in [3.63, 3.8) is 0 Å². The average molecular weight is 771 g/mol. The summed E-state index contributed by atoms with van der Waals surface area (Å²) < 4.78 is 11.8. The molecule has 0 bridgehead atoms. The first kappa shape index (κ1) is 32.4. The van der Waals surface area contributed by atoms with Crippen LogP contribution in [-0.2, 0) is 0 Å². The lowest BCUT2D eigenvalue weighted by Crippen LogP contribution is -2.00. The molecule has 274 valence electrons. The van der Waals surface area contributed by atoms with E-state index < -0.39 is 0 Å². The van der Waals surface area contributed by atoms with Crippen LogP contribution < -0.4 is 0 Å². The third-order valence-corrected chi connectivity index (χ3v) is 12.9. The second-order valence-corrected chi connectivity index (χ2v) is 16.2. The molecule has 0 N–H and O–H groups in total. The number of hydrogen-bond acceptors (Lipinski definition) is 5. The maximum Gasteiger partial charge on any atom is 0.164 e. The molecular formula is C53H30N4OS. The zero-order valence-corrected chi connectivity index (χ0v) is 32.2. The minimum Gasteiger partial charge on any atom is -0.456 e. The van der Waals surface area contributed by atoms with Gasteiger partial charge in [0, 0.05) is 69.9 Å². The van der Waals surface area contributed by atoms with E-state index in [0.29, 0.717) is 17.5 Å². The van der Waals surface area contributed by atoms with Crippen LogP contribution in [0.1, 0.15) is 0 Å². The maximum atomic E-state index is 6.90. The fraction of sp³-hybridized carbons (Fsp3) is 0. The molecule has 0 aliphatic carbocycles. The van der Waals surface area contributed by atoms with Crippen molar-refractivity contribution in [3.8, 4) is 39.9 Å². The molecule has 13 rings (SSSR count). The molecule has 0 atom stereocenters. The lowest BCUT2D eigenvalue weighted by molar-refractivity contribution is 0.669. The highest BCUT2D eigenvalue weighted by Gasteiger charge is 2.21. The molecule has 5 nitrogen and oxygen atoms in total. The van der Waals surface area contributed by atoms with E-state index in [0.717, 1.165) is 66.0 Å². The zero-order chi connectivity index (χ0) is 38.6. The molecule has 0 saturated heterocycles. The Morgan fingerprint density at radius 3 is 1.93 bits per heavy atom. The van der Waals surface area contributed by atoms with Gasteiger partial charge < -0.3 is 8.98 Å². The summed E-state index contributed by atoms with van der Waals surface area (Å²) in [5, 5.41) is 11.7. The first-order valence-corrected chi connectivity index (χ1v) is 20.6. The second kappa shape index (κ2) is 12.4. The van der Waals surface area contributed by atoms with Crippen LogP contribution in [0.3, 0.4) is 0 Å². The van der Waals surface area contributed by atoms with Crippen molar-refractivity contribution < 1.29 is 4.42 Å². The van der Waals surface area contributed by atoms with Gasteiger partial charge in [-0.3, -0.25) is 0 Å². The van der Waals surface area contributed by atoms with Gasteiger partial charge in [-0.25, -0.2) is 15.0 Å². The molecule has 59 heavy (non-hydrogen) atoms. The smallest absolute Gasteiger partial charge is 0.164 e. The predicted octanol–water partition coefficient (Wildman–Crippen LogP) is 14.5. The molecule has 0 unspecified atom stereocenters. The molecule has 4 aromatic heterocycles. The first-order chi connectivity index (χ1) is 29.2. The molecule has 0 amide bonds. The van der Waals surface area contributed by atoms with E-state index in [-0.39, 0.29) is 0 Å². The van der Waals surface area contributed by atoms with E-state index in [9.17, 15) is 0 Å². The summed E-state index contributed by atoms with van der Waals surface area (Å²) in [6.07, 6.45) is 0. The minimum atomic E-state index is 0.593. The van der Waals surface area contributed by atoms with Gasteiger partial charge in [-0.05, 0) is 58.6 Å². The van der Waals surface area contributed by atoms with Crippen LogP contribution in [-0.4, -0.2) is 19.5 Å². The van der Waals surface area contributed by atoms with Crippen molar-refractivity contribution in [2.24, 2.45) is 0 Å². The van der Waals surface area contributed by atoms with Crippen LogP contribution in [0.4, 0.5) is 0 Å². The molecule has 0 aliphatic heterocycles. The SMILES string of the molecule is c1ccc(-c2nc(-c3ccc4c(c3)oc3cc(-n5c6ccccc6c6cc7ccccc7cc65)c5ccccc5c34)nc(-c3cccc4sc5ccccc5c34)n2)cc1. The number of fused-ring (bicyclic) bond motifs is 12. The number of aromatic nitrogens is 4. The Kier molecular flexibility index (Phi) is 6.82. The fourth-order valence-corrected chi connectivity index (χ4v) is 10.3. The highest BCUT2D eigenvalue weighted by molar-refractivity contribution is 7.25. The van der Waals surface area contributed by atoms with Gasteiger partial charge in [0.1, 0.15) is 11.2 Å². The third-order valence-electron chi connectivity index (χ3n) is 11.8. The highest BCUT2D eigenvalue weighted by Crippen LogP contribution is 2.43. The Hall–Kier alpha value is -7.67. The van der Waals surface area contributed by atoms with Crippen LogP contribution in [0.25, 0.3) is 125 Å². The van der Waals surface area contributed by atoms with E-state index in [2.05, 4.69) is 156 Å². The molecule has 4 heterocycles. The van der Waals surface area contributed by atoms with Crippen molar-refractivity contribution in [3.05, 3.63) is 182 Å². The Labute approximate surface area is 341 Å². The Balaban J connectivity index is 1.04. The summed E-state index contributed by atoms with van der Waals surface area (Å²) in [4.78, 5) is 15.4. The second-order valence-electron chi connectivity index (χ2n) is 15.1. The van der Waals surface area contributed by atoms with E-state index >= 15 is 0 Å². The van der Waals surface area contributed by atoms with E-state index in [4.69, 9.17) is 19.4 Å². The third kappa shape index (κ3) is 4.87. The number of rotatable bonds is 4. The molecule has 0 spiro atoms. The predicted molar refractivity (Wildman–Crippen MR) is 246 cm³/mol. The molecule has 0 radical (unpaired) electrons. The van der Waals surface area contributed by atoms with E-state index in [1.807, 2.05) is 30.3 Å². The van der Waals surface area contributed by atoms with Crippen LogP contribution in [0.15, 0.2) is 186 Å². The molecule has 13 aromatic rings. The highest BCUT2D eigenvalue weighted by atomic mass is 32.1. The van der Waals surface area contributed by atoms with Crippen molar-refractivity contribution in [2.45, 2.75) is 0 Å². The zero-order valence-electron chi connectivity index (χ0n) is 31.4. The van der Waals surface area contributed by atoms with Crippen molar-refractivity contribution in [1.82, 2.24) is 19.5 Å². The van der Waals surface area contributed by atoms with Gasteiger partial charge in [-0.2, -0.15) is 0 Å². The molecular weight excluding hydrogens is 741 g/mol. The number of nitrogens with zero attached hydrogens (tertiary/aromatic N) is 4. The van der Waals surface area contributed by atoms with Gasteiger partial charge in [0.2, 0.25) is 0 Å². The number of hydrogen-bond donors (Lipinski definition) is 0. The minimum absolute atomic E-state index is 0.593. The summed E-state index contributed by atoms with van der Waals surface area (Å²) in [7, 11) is 0. The number of furan rings is 1. The van der Waals surface area contributed by atoms with E-state index in [1.54, 1.807) is 11.3 Å². The van der Waals surface area contributed by atoms with Crippen LogP contribution >= 0.6 is 11.3 Å². The first-order valence-electron chi connectivity index (χ1n) is 19.8. The number of para-hydroxylation sites is 1. The maximum absolute atomic E-state index is 6.90. The monoisotopic (exact) mass is 770 g/mol. The summed E-state index contributed by atoms with van der Waals surface area (Å²) in [6, 6.07) is 64.3. The standard InChI is InChI=1S/C53H30N4OS/c1-2-13-31(14-3-1)51-54-52(56-53(55-51)40-21-12-24-48-50(40)39-20-9-11-23-47(39)59-48)34-25-26-38-45(29-34)58-46-30-44(35-17-6-7-19-37(35)49(38)46)57-42-22-10-8-18-36(42)41-27-32-15-4-5-16-33(32)28-43(41)57/h1-30H. The average Bonchev–Trinajstić information content (AvgIpc) is 3.97. The van der Waals surface area contributed by atoms with Gasteiger partial charge >= 0.3 is 0 Å². The quantitative estimate of drug-likeness (QED) is 0.179. The molecule has 6 heteroatoms. The molecule has 0 aliphatic rings. The molecule has 9 aromatic carbocycles. The molecule has 0 saturated carbocycles. The topological polar surface area (TPSA) is 56.7 Å². The van der Waals surface area contributed by atoms with Crippen LogP contribution in [0, 0.1) is 0 Å². The Morgan fingerprint density at radius 2 is 1.07 bits per heavy atom. The van der Waals surface area contributed by atoms with E-state index in [1.165, 1.54) is 41.8 Å². The van der Waals surface area contributed by atoms with Gasteiger partial charge in [0.15, 0.2) is 17.5 Å². The summed E-state index contributed by atoms with van der Waals surface area (Å²) in [5.41, 5.74) is 7.80. The Morgan fingerprint density at radius 1 is 0.390 bits per heavy atom. The summed E-state index contributed by atoms with van der Waals surface area (Å²) >= 11 is 1.79. The van der Waals surface area contributed by atoms with Crippen molar-refractivity contribution in [2.75, 3.05) is 0 Å². The molecule has 0 fully saturated rings. The van der Waals surface area contributed by atoms with Gasteiger partial charge in [-0.1, -0.05) is 133 Å². The van der Waals surface area contributed by atoms with Crippen LogP contribution in [0.2, 0.25) is 0 Å². The normalized spacial score (nSPS) is 12.1. The number of thiophene rings is 1. The van der Waals surface area contributed by atoms with Crippen LogP contribution in [0.5, 0.6) is 0 Å². The van der Waals surface area contributed by atoms with Gasteiger partial charge in [0.05, 0.1) is 16.7 Å². The Bertz CT molecular complexity index is 3860. The largest absolute Gasteiger partial charge is 0.456 e. The lowest BCUT2D eigenvalue weighted by Gasteiger charge is -2.13. The lowest BCUT2D eigenvalue weighted by atomic mass is 10.0. The fourth-order valence-electron chi connectivity index (χ4n) is 9.16. The van der Waals surface area contributed by atoms with Crippen molar-refractivity contribution in [1.29, 1.82) is 0 Å².